The van der Waals surface area contributed by atoms with Crippen molar-refractivity contribution in [2.75, 3.05) is 12.8 Å². The van der Waals surface area contributed by atoms with Crippen molar-refractivity contribution in [3.63, 3.8) is 0 Å². The van der Waals surface area contributed by atoms with Crippen molar-refractivity contribution >= 4 is 22.5 Å². The van der Waals surface area contributed by atoms with Crippen LogP contribution in [0, 0.1) is 5.92 Å². The van der Waals surface area contributed by atoms with Gasteiger partial charge in [-0.3, -0.25) is 9.89 Å². The molecule has 5 nitrogen and oxygen atoms in total. The zero-order chi connectivity index (χ0) is 14.9. The van der Waals surface area contributed by atoms with Gasteiger partial charge >= 0.3 is 0 Å². The van der Waals surface area contributed by atoms with Gasteiger partial charge in [0.15, 0.2) is 5.69 Å². The predicted molar refractivity (Wildman–Crippen MR) is 81.5 cm³/mol. The number of amides is 1. The Balaban J connectivity index is 2.29. The van der Waals surface area contributed by atoms with Crippen molar-refractivity contribution < 1.29 is 4.79 Å². The first-order valence-corrected chi connectivity index (χ1v) is 6.91. The van der Waals surface area contributed by atoms with Gasteiger partial charge in [0.2, 0.25) is 0 Å². The molecule has 1 heterocycles. The Hall–Kier alpha value is -2.04. The molecule has 20 heavy (non-hydrogen) atoms. The van der Waals surface area contributed by atoms with Gasteiger partial charge in [-0.15, -0.1) is 0 Å². The molecular weight excluding hydrogens is 252 g/mol. The van der Waals surface area contributed by atoms with Crippen molar-refractivity contribution in [1.82, 2.24) is 15.1 Å². The molecule has 0 aliphatic rings. The molecule has 5 heteroatoms. The van der Waals surface area contributed by atoms with Gasteiger partial charge in [-0.1, -0.05) is 13.8 Å². The first kappa shape index (κ1) is 14.4. The number of fused-ring (bicyclic) bond motifs is 1. The molecule has 0 saturated carbocycles. The van der Waals surface area contributed by atoms with Crippen LogP contribution in [-0.2, 0) is 0 Å². The molecule has 2 aromatic rings. The highest BCUT2D eigenvalue weighted by Crippen LogP contribution is 2.21. The molecule has 0 radical (unpaired) electrons. The molecule has 3 N–H and O–H groups in total. The van der Waals surface area contributed by atoms with Gasteiger partial charge in [0.25, 0.3) is 5.91 Å². The van der Waals surface area contributed by atoms with Crippen LogP contribution in [0.2, 0.25) is 0 Å². The van der Waals surface area contributed by atoms with Crippen molar-refractivity contribution in [3.05, 3.63) is 23.9 Å². The standard InChI is InChI=1S/C15H22N4O/c1-9(2)7-10(3)19(4)15(20)14-12-8-11(16)5-6-13(12)17-18-14/h5-6,8-10H,7,16H2,1-4H3,(H,17,18)/t10-/m0/s1. The third-order valence-electron chi connectivity index (χ3n) is 3.58. The molecule has 2 rings (SSSR count). The van der Waals surface area contributed by atoms with Crippen molar-refractivity contribution in [3.8, 4) is 0 Å². The number of rotatable bonds is 4. The number of carbonyl (C=O) groups excluding carboxylic acids is 1. The van der Waals surface area contributed by atoms with Crippen molar-refractivity contribution in [2.24, 2.45) is 5.92 Å². The van der Waals surface area contributed by atoms with E-state index in [9.17, 15) is 4.79 Å². The molecule has 0 aliphatic heterocycles. The van der Waals surface area contributed by atoms with Gasteiger partial charge in [0.05, 0.1) is 5.52 Å². The minimum Gasteiger partial charge on any atom is -0.399 e. The number of anilines is 1. The first-order chi connectivity index (χ1) is 9.40. The molecule has 0 fully saturated rings. The number of hydrogen-bond donors (Lipinski definition) is 2. The number of carbonyl (C=O) groups is 1. The summed E-state index contributed by atoms with van der Waals surface area (Å²) in [5, 5.41) is 7.80. The Labute approximate surface area is 119 Å². The summed E-state index contributed by atoms with van der Waals surface area (Å²) in [7, 11) is 1.82. The van der Waals surface area contributed by atoms with Gasteiger partial charge in [0.1, 0.15) is 0 Å². The van der Waals surface area contributed by atoms with E-state index >= 15 is 0 Å². The summed E-state index contributed by atoms with van der Waals surface area (Å²) >= 11 is 0. The van der Waals surface area contributed by atoms with Crippen molar-refractivity contribution in [1.29, 1.82) is 0 Å². The molecule has 0 spiro atoms. The van der Waals surface area contributed by atoms with Gasteiger partial charge in [-0.25, -0.2) is 0 Å². The van der Waals surface area contributed by atoms with E-state index in [-0.39, 0.29) is 11.9 Å². The van der Waals surface area contributed by atoms with Crippen LogP contribution in [-0.4, -0.2) is 34.1 Å². The van der Waals surface area contributed by atoms with Crippen molar-refractivity contribution in [2.45, 2.75) is 33.2 Å². The highest BCUT2D eigenvalue weighted by molar-refractivity contribution is 6.05. The van der Waals surface area contributed by atoms with E-state index in [2.05, 4.69) is 31.0 Å². The summed E-state index contributed by atoms with van der Waals surface area (Å²) in [6.45, 7) is 6.36. The van der Waals surface area contributed by atoms with Crippen LogP contribution in [0.4, 0.5) is 5.69 Å². The van der Waals surface area contributed by atoms with E-state index in [1.54, 1.807) is 17.0 Å². The highest BCUT2D eigenvalue weighted by Gasteiger charge is 2.22. The van der Waals surface area contributed by atoms with Crippen LogP contribution < -0.4 is 5.73 Å². The second kappa shape index (κ2) is 5.53. The van der Waals surface area contributed by atoms with Gasteiger partial charge in [-0.2, -0.15) is 5.10 Å². The van der Waals surface area contributed by atoms with Gasteiger partial charge in [0, 0.05) is 24.2 Å². The smallest absolute Gasteiger partial charge is 0.274 e. The van der Waals surface area contributed by atoms with E-state index in [1.807, 2.05) is 13.1 Å². The summed E-state index contributed by atoms with van der Waals surface area (Å²) in [5.74, 6) is 0.474. The van der Waals surface area contributed by atoms with Crippen LogP contribution in [0.3, 0.4) is 0 Å². The molecule has 0 unspecified atom stereocenters. The number of nitrogens with one attached hydrogen (secondary N) is 1. The number of H-pyrrole nitrogens is 1. The predicted octanol–water partition coefficient (Wildman–Crippen LogP) is 2.65. The fourth-order valence-electron chi connectivity index (χ4n) is 2.40. The lowest BCUT2D eigenvalue weighted by Gasteiger charge is -2.25. The maximum atomic E-state index is 12.6. The van der Waals surface area contributed by atoms with Gasteiger partial charge in [-0.05, 0) is 37.5 Å². The van der Waals surface area contributed by atoms with Crippen LogP contribution in [0.25, 0.3) is 10.9 Å². The maximum absolute atomic E-state index is 12.6. The number of aromatic amines is 1. The van der Waals surface area contributed by atoms with E-state index in [1.165, 1.54) is 0 Å². The largest absolute Gasteiger partial charge is 0.399 e. The molecule has 108 valence electrons. The molecule has 1 aromatic carbocycles. The topological polar surface area (TPSA) is 75.0 Å². The SMILES string of the molecule is CC(C)C[C@H](C)N(C)C(=O)c1n[nH]c2ccc(N)cc12. The van der Waals surface area contributed by atoms with Crippen LogP contribution in [0.1, 0.15) is 37.7 Å². The average Bonchev–Trinajstić information content (AvgIpc) is 2.79. The summed E-state index contributed by atoms with van der Waals surface area (Å²) < 4.78 is 0. The third-order valence-corrected chi connectivity index (χ3v) is 3.58. The number of nitrogen functional groups attached to an aromatic ring is 1. The van der Waals surface area contributed by atoms with E-state index in [0.717, 1.165) is 17.3 Å². The number of hydrogen-bond acceptors (Lipinski definition) is 3. The molecule has 1 atom stereocenters. The average molecular weight is 274 g/mol. The fourth-order valence-corrected chi connectivity index (χ4v) is 2.40. The van der Waals surface area contributed by atoms with E-state index < -0.39 is 0 Å². The molecule has 0 aliphatic carbocycles. The van der Waals surface area contributed by atoms with Crippen LogP contribution >= 0.6 is 0 Å². The summed E-state index contributed by atoms with van der Waals surface area (Å²) in [4.78, 5) is 14.3. The number of benzene rings is 1. The zero-order valence-corrected chi connectivity index (χ0v) is 12.5. The molecule has 0 bridgehead atoms. The maximum Gasteiger partial charge on any atom is 0.274 e. The summed E-state index contributed by atoms with van der Waals surface area (Å²) in [5.41, 5.74) is 7.68. The fraction of sp³-hybridized carbons (Fsp3) is 0.467. The molecule has 1 amide bonds. The van der Waals surface area contributed by atoms with Gasteiger partial charge < -0.3 is 10.6 Å². The zero-order valence-electron chi connectivity index (χ0n) is 12.5. The lowest BCUT2D eigenvalue weighted by molar-refractivity contribution is 0.0724. The minimum absolute atomic E-state index is 0.0741. The quantitative estimate of drug-likeness (QED) is 0.842. The van der Waals surface area contributed by atoms with Crippen LogP contribution in [0.5, 0.6) is 0 Å². The second-order valence-corrected chi connectivity index (χ2v) is 5.77. The number of nitrogens with two attached hydrogens (primary N) is 1. The second-order valence-electron chi connectivity index (χ2n) is 5.77. The Morgan fingerprint density at radius 2 is 2.10 bits per heavy atom. The van der Waals surface area contributed by atoms with E-state index in [0.29, 0.717) is 17.3 Å². The molecule has 1 aromatic heterocycles. The van der Waals surface area contributed by atoms with E-state index in [4.69, 9.17) is 5.73 Å². The third kappa shape index (κ3) is 2.76. The lowest BCUT2D eigenvalue weighted by atomic mass is 10.0. The number of nitrogens with zero attached hydrogens (tertiary/aromatic N) is 2. The Bertz CT molecular complexity index is 617. The monoisotopic (exact) mass is 274 g/mol. The van der Waals surface area contributed by atoms with Crippen LogP contribution in [0.15, 0.2) is 18.2 Å². The summed E-state index contributed by atoms with van der Waals surface area (Å²) in [6.07, 6.45) is 0.965. The Morgan fingerprint density at radius 3 is 2.75 bits per heavy atom. The Kier molecular flexibility index (Phi) is 3.97. The summed E-state index contributed by atoms with van der Waals surface area (Å²) in [6, 6.07) is 5.59. The first-order valence-electron chi connectivity index (χ1n) is 6.91. The highest BCUT2D eigenvalue weighted by atomic mass is 16.2. The number of aromatic nitrogens is 2. The lowest BCUT2D eigenvalue weighted by Crippen LogP contribution is -2.36. The Morgan fingerprint density at radius 1 is 1.40 bits per heavy atom. The minimum atomic E-state index is -0.0741. The normalized spacial score (nSPS) is 12.8. The molecule has 0 saturated heterocycles. The molecular formula is C15H22N4O.